The lowest BCUT2D eigenvalue weighted by atomic mass is 9.78. The van der Waals surface area contributed by atoms with E-state index >= 15 is 0 Å². The van der Waals surface area contributed by atoms with E-state index in [1.54, 1.807) is 0 Å². The monoisotopic (exact) mass is 253 g/mol. The summed E-state index contributed by atoms with van der Waals surface area (Å²) >= 11 is 0. The fourth-order valence-electron chi connectivity index (χ4n) is 3.68. The molecule has 2 fully saturated rings. The van der Waals surface area contributed by atoms with Crippen molar-refractivity contribution < 1.29 is 9.90 Å². The molecule has 3 unspecified atom stereocenters. The molecule has 0 aromatic rings. The Kier molecular flexibility index (Phi) is 4.66. The van der Waals surface area contributed by atoms with E-state index in [4.69, 9.17) is 5.11 Å². The van der Waals surface area contributed by atoms with Gasteiger partial charge >= 0.3 is 5.97 Å². The van der Waals surface area contributed by atoms with Gasteiger partial charge in [-0.15, -0.1) is 0 Å². The lowest BCUT2D eigenvalue weighted by Gasteiger charge is -2.42. The van der Waals surface area contributed by atoms with Crippen molar-refractivity contribution >= 4 is 5.97 Å². The van der Waals surface area contributed by atoms with E-state index in [0.717, 1.165) is 37.8 Å². The zero-order chi connectivity index (χ0) is 13.1. The minimum atomic E-state index is -0.601. The van der Waals surface area contributed by atoms with Crippen molar-refractivity contribution in [1.82, 2.24) is 4.90 Å². The van der Waals surface area contributed by atoms with Crippen LogP contribution in [0.25, 0.3) is 0 Å². The number of carboxylic acids is 1. The molecule has 3 heteroatoms. The van der Waals surface area contributed by atoms with Crippen LogP contribution in [0.3, 0.4) is 0 Å². The quantitative estimate of drug-likeness (QED) is 0.840. The first-order valence-corrected chi connectivity index (χ1v) is 7.54. The first kappa shape index (κ1) is 13.9. The molecule has 1 N–H and O–H groups in total. The third-order valence-electron chi connectivity index (χ3n) is 4.95. The van der Waals surface area contributed by atoms with Gasteiger partial charge in [0.2, 0.25) is 0 Å². The summed E-state index contributed by atoms with van der Waals surface area (Å²) in [6.45, 7) is 6.54. The number of carbonyl (C=O) groups is 1. The topological polar surface area (TPSA) is 40.5 Å². The molecule has 0 radical (unpaired) electrons. The molecular formula is C15H27NO2. The average molecular weight is 253 g/mol. The molecule has 0 spiro atoms. The van der Waals surface area contributed by atoms with Gasteiger partial charge in [0.1, 0.15) is 0 Å². The Hall–Kier alpha value is -0.570. The normalized spacial score (nSPS) is 34.7. The second-order valence-corrected chi connectivity index (χ2v) is 6.50. The van der Waals surface area contributed by atoms with Gasteiger partial charge in [0, 0.05) is 12.6 Å². The number of aliphatic carboxylic acids is 1. The molecule has 1 saturated carbocycles. The smallest absolute Gasteiger partial charge is 0.307 e. The van der Waals surface area contributed by atoms with E-state index in [-0.39, 0.29) is 5.92 Å². The fraction of sp³-hybridized carbons (Fsp3) is 0.933. The predicted molar refractivity (Wildman–Crippen MR) is 72.5 cm³/mol. The van der Waals surface area contributed by atoms with Crippen molar-refractivity contribution in [2.24, 2.45) is 17.8 Å². The van der Waals surface area contributed by atoms with Crippen LogP contribution in [-0.2, 0) is 4.79 Å². The number of hydrogen-bond donors (Lipinski definition) is 1. The number of rotatable bonds is 3. The van der Waals surface area contributed by atoms with E-state index in [9.17, 15) is 4.79 Å². The van der Waals surface area contributed by atoms with Gasteiger partial charge in [0.15, 0.2) is 0 Å². The van der Waals surface area contributed by atoms with Crippen LogP contribution in [0.15, 0.2) is 0 Å². The summed E-state index contributed by atoms with van der Waals surface area (Å²) in [5, 5.41) is 9.17. The highest BCUT2D eigenvalue weighted by atomic mass is 16.4. The Morgan fingerprint density at radius 1 is 1.22 bits per heavy atom. The number of likely N-dealkylation sites (tertiary alicyclic amines) is 1. The third kappa shape index (κ3) is 3.25. The Balaban J connectivity index is 1.92. The highest BCUT2D eigenvalue weighted by Gasteiger charge is 2.33. The molecule has 0 aromatic heterocycles. The van der Waals surface area contributed by atoms with Gasteiger partial charge in [-0.3, -0.25) is 9.69 Å². The van der Waals surface area contributed by atoms with Crippen molar-refractivity contribution in [1.29, 1.82) is 0 Å². The number of nitrogens with zero attached hydrogens (tertiary/aromatic N) is 1. The maximum absolute atomic E-state index is 11.1. The van der Waals surface area contributed by atoms with E-state index in [1.807, 2.05) is 0 Å². The number of hydrogen-bond acceptors (Lipinski definition) is 2. The zero-order valence-electron chi connectivity index (χ0n) is 11.8. The molecule has 3 atom stereocenters. The highest BCUT2D eigenvalue weighted by molar-refractivity contribution is 5.70. The Bertz CT molecular complexity index is 290. The van der Waals surface area contributed by atoms with Gasteiger partial charge in [0.25, 0.3) is 0 Å². The summed E-state index contributed by atoms with van der Waals surface area (Å²) in [6, 6.07) is 0.647. The van der Waals surface area contributed by atoms with E-state index in [2.05, 4.69) is 18.7 Å². The van der Waals surface area contributed by atoms with Crippen molar-refractivity contribution in [2.45, 2.75) is 58.4 Å². The van der Waals surface area contributed by atoms with Crippen molar-refractivity contribution in [3.63, 3.8) is 0 Å². The average Bonchev–Trinajstić information content (AvgIpc) is 2.39. The molecule has 0 bridgehead atoms. The summed E-state index contributed by atoms with van der Waals surface area (Å²) in [4.78, 5) is 13.6. The van der Waals surface area contributed by atoms with E-state index in [0.29, 0.717) is 6.04 Å². The van der Waals surface area contributed by atoms with Crippen molar-refractivity contribution in [3.05, 3.63) is 0 Å². The minimum absolute atomic E-state index is 0.127. The largest absolute Gasteiger partial charge is 0.481 e. The summed E-state index contributed by atoms with van der Waals surface area (Å²) in [5.74, 6) is 0.885. The van der Waals surface area contributed by atoms with Gasteiger partial charge in [-0.25, -0.2) is 0 Å². The summed E-state index contributed by atoms with van der Waals surface area (Å²) in [7, 11) is 0. The number of piperidine rings is 1. The number of carboxylic acid groups (broad SMARTS) is 1. The lowest BCUT2D eigenvalue weighted by Crippen LogP contribution is -2.46. The lowest BCUT2D eigenvalue weighted by molar-refractivity contribution is -0.144. The standard InChI is InChI=1S/C15H27NO2/c1-11(2)12-5-3-7-14(9-12)16-8-4-6-13(10-16)15(17)18/h11-14H,3-10H2,1-2H3,(H,17,18). The Morgan fingerprint density at radius 3 is 2.67 bits per heavy atom. The van der Waals surface area contributed by atoms with E-state index in [1.165, 1.54) is 25.7 Å². The first-order chi connectivity index (χ1) is 8.58. The molecule has 0 aromatic carbocycles. The molecule has 18 heavy (non-hydrogen) atoms. The molecule has 2 rings (SSSR count). The summed E-state index contributed by atoms with van der Waals surface area (Å²) in [5.41, 5.74) is 0. The van der Waals surface area contributed by atoms with Crippen LogP contribution in [-0.4, -0.2) is 35.1 Å². The zero-order valence-corrected chi connectivity index (χ0v) is 11.8. The van der Waals surface area contributed by atoms with Crippen LogP contribution in [0.5, 0.6) is 0 Å². The Morgan fingerprint density at radius 2 is 2.00 bits per heavy atom. The SMILES string of the molecule is CC(C)C1CCCC(N2CCCC(C(=O)O)C2)C1. The molecule has 104 valence electrons. The minimum Gasteiger partial charge on any atom is -0.481 e. The maximum Gasteiger partial charge on any atom is 0.307 e. The van der Waals surface area contributed by atoms with Crippen molar-refractivity contribution in [3.8, 4) is 0 Å². The molecule has 0 amide bonds. The molecule has 1 aliphatic carbocycles. The fourth-order valence-corrected chi connectivity index (χ4v) is 3.68. The van der Waals surface area contributed by atoms with Crippen LogP contribution >= 0.6 is 0 Å². The second kappa shape index (κ2) is 6.05. The molecule has 1 heterocycles. The van der Waals surface area contributed by atoms with Crippen LogP contribution in [0.4, 0.5) is 0 Å². The summed E-state index contributed by atoms with van der Waals surface area (Å²) in [6.07, 6.45) is 7.16. The molecule has 3 nitrogen and oxygen atoms in total. The maximum atomic E-state index is 11.1. The van der Waals surface area contributed by atoms with Gasteiger partial charge in [0.05, 0.1) is 5.92 Å². The third-order valence-corrected chi connectivity index (χ3v) is 4.95. The molecule has 1 aliphatic heterocycles. The van der Waals surface area contributed by atoms with Gasteiger partial charge in [-0.2, -0.15) is 0 Å². The van der Waals surface area contributed by atoms with Crippen LogP contribution in [0, 0.1) is 17.8 Å². The summed E-state index contributed by atoms with van der Waals surface area (Å²) < 4.78 is 0. The van der Waals surface area contributed by atoms with E-state index < -0.39 is 5.97 Å². The van der Waals surface area contributed by atoms with Crippen LogP contribution in [0.1, 0.15) is 52.4 Å². The highest BCUT2D eigenvalue weighted by Crippen LogP contribution is 2.34. The van der Waals surface area contributed by atoms with Crippen LogP contribution < -0.4 is 0 Å². The first-order valence-electron chi connectivity index (χ1n) is 7.54. The van der Waals surface area contributed by atoms with Gasteiger partial charge in [-0.1, -0.05) is 26.7 Å². The van der Waals surface area contributed by atoms with Crippen LogP contribution in [0.2, 0.25) is 0 Å². The molecule has 1 saturated heterocycles. The van der Waals surface area contributed by atoms with Crippen molar-refractivity contribution in [2.75, 3.05) is 13.1 Å². The Labute approximate surface area is 111 Å². The predicted octanol–water partition coefficient (Wildman–Crippen LogP) is 3.00. The van der Waals surface area contributed by atoms with Gasteiger partial charge in [-0.05, 0) is 44.1 Å². The molecular weight excluding hydrogens is 226 g/mol. The second-order valence-electron chi connectivity index (χ2n) is 6.50. The molecule has 2 aliphatic rings. The van der Waals surface area contributed by atoms with Gasteiger partial charge < -0.3 is 5.11 Å².